The molecule has 8 N–H and O–H groups in total. The maximum atomic E-state index is 13.9. The van der Waals surface area contributed by atoms with Crippen LogP contribution in [0.25, 0.3) is 0 Å². The maximum Gasteiger partial charge on any atom is 0.244 e. The van der Waals surface area contributed by atoms with Gasteiger partial charge in [-0.15, -0.1) is 0 Å². The number of fused-ring (bicyclic) bond motifs is 3. The summed E-state index contributed by atoms with van der Waals surface area (Å²) in [5, 5.41) is 58.6. The van der Waals surface area contributed by atoms with Gasteiger partial charge in [0.2, 0.25) is 5.91 Å². The van der Waals surface area contributed by atoms with Gasteiger partial charge in [-0.05, 0) is 76.0 Å². The van der Waals surface area contributed by atoms with E-state index >= 15 is 0 Å². The average Bonchev–Trinajstić information content (AvgIpc) is 3.16. The smallest absolute Gasteiger partial charge is 0.244 e. The molecule has 1 aliphatic heterocycles. The van der Waals surface area contributed by atoms with Gasteiger partial charge in [-0.2, -0.15) is 0 Å². The van der Waals surface area contributed by atoms with Gasteiger partial charge in [0.1, 0.15) is 29.8 Å². The van der Waals surface area contributed by atoms with E-state index in [0.717, 1.165) is 18.4 Å². The van der Waals surface area contributed by atoms with Crippen LogP contribution in [0.3, 0.4) is 0 Å². The minimum atomic E-state index is -2.31. The van der Waals surface area contributed by atoms with Crippen molar-refractivity contribution < 1.29 is 59.7 Å². The number of amides is 1. The van der Waals surface area contributed by atoms with Crippen molar-refractivity contribution in [3.8, 4) is 11.5 Å². The van der Waals surface area contributed by atoms with E-state index < -0.39 is 102 Å². The second kappa shape index (κ2) is 17.9. The Labute approximate surface area is 350 Å². The van der Waals surface area contributed by atoms with Crippen LogP contribution in [0.5, 0.6) is 11.5 Å². The third-order valence-electron chi connectivity index (χ3n) is 12.2. The predicted octanol–water partition coefficient (Wildman–Crippen LogP) is 5.17. The maximum absolute atomic E-state index is 13.9. The Morgan fingerprint density at radius 2 is 1.72 bits per heavy atom. The summed E-state index contributed by atoms with van der Waals surface area (Å²) >= 11 is 0. The van der Waals surface area contributed by atoms with Crippen LogP contribution in [0.2, 0.25) is 0 Å². The fourth-order valence-electron chi connectivity index (χ4n) is 9.00. The quantitative estimate of drug-likeness (QED) is 0.0888. The van der Waals surface area contributed by atoms with Crippen LogP contribution < -0.4 is 5.32 Å². The van der Waals surface area contributed by atoms with Crippen molar-refractivity contribution in [1.29, 1.82) is 0 Å². The summed E-state index contributed by atoms with van der Waals surface area (Å²) in [6.07, 6.45) is 8.90. The zero-order valence-electron chi connectivity index (χ0n) is 35.2. The van der Waals surface area contributed by atoms with Crippen LogP contribution >= 0.6 is 0 Å². The minimum Gasteiger partial charge on any atom is -0.507 e. The van der Waals surface area contributed by atoms with Gasteiger partial charge in [-0.3, -0.25) is 19.2 Å². The van der Waals surface area contributed by atoms with Crippen LogP contribution in [0.15, 0.2) is 76.9 Å². The molecule has 3 aliphatic carbocycles. The Morgan fingerprint density at radius 1 is 1.02 bits per heavy atom. The third kappa shape index (κ3) is 8.88. The van der Waals surface area contributed by atoms with E-state index in [1.54, 1.807) is 39.0 Å². The van der Waals surface area contributed by atoms with Crippen molar-refractivity contribution in [3.05, 3.63) is 116 Å². The van der Waals surface area contributed by atoms with Crippen molar-refractivity contribution in [2.24, 2.45) is 5.41 Å². The molecule has 13 heteroatoms. The lowest BCUT2D eigenvalue weighted by Gasteiger charge is -2.42. The first-order chi connectivity index (χ1) is 27.8. The number of carbonyl (C=O) groups is 4. The Bertz CT molecular complexity index is 2240. The Morgan fingerprint density at radius 3 is 2.40 bits per heavy atom. The van der Waals surface area contributed by atoms with Gasteiger partial charge in [-0.1, -0.05) is 73.6 Å². The number of aryl methyl sites for hydroxylation is 1. The molecule has 1 heterocycles. The first-order valence-electron chi connectivity index (χ1n) is 20.1. The van der Waals surface area contributed by atoms with E-state index in [9.17, 15) is 44.7 Å². The van der Waals surface area contributed by atoms with E-state index in [4.69, 9.17) is 9.47 Å². The second-order valence-electron chi connectivity index (χ2n) is 17.1. The Balaban J connectivity index is 0.00000683. The standard InChI is InChI=1S/C47H55NO11.H2O/c1-24(16-17-31-26(3)14-10-18-46(31,6)7)11-8-12-25(2)19-35(51)48-32-20-36(58-28(5)41(32)52)59-33-22-47(57,34(50)23-49)21-30-38(33)45(56)40-39(43(30)54)42(53)29-15-9-13-27(4)37(29)44(40)55;/h8-9,11-13,15-17,19,28,32-33,36,41,49,52,54,56-57H,10,14,18,20-23H2,1-7H3,(H,48,51);1H2/b12-8+,17-16+,24-11+,25-19-;. The summed E-state index contributed by atoms with van der Waals surface area (Å²) in [7, 11) is 0. The van der Waals surface area contributed by atoms with Gasteiger partial charge in [0, 0.05) is 47.6 Å². The summed E-state index contributed by atoms with van der Waals surface area (Å²) in [4.78, 5) is 53.8. The van der Waals surface area contributed by atoms with Crippen LogP contribution in [-0.2, 0) is 25.5 Å². The molecule has 0 saturated carbocycles. The molecule has 322 valence electrons. The molecule has 4 aliphatic rings. The first kappa shape index (κ1) is 46.1. The monoisotopic (exact) mass is 827 g/mol. The summed E-state index contributed by atoms with van der Waals surface area (Å²) in [6.45, 7) is 12.7. The molecule has 2 aromatic rings. The van der Waals surface area contributed by atoms with Crippen molar-refractivity contribution in [1.82, 2.24) is 5.32 Å². The summed E-state index contributed by atoms with van der Waals surface area (Å²) in [5.41, 5.74) is 1.68. The molecule has 6 atom stereocenters. The van der Waals surface area contributed by atoms with E-state index in [-0.39, 0.29) is 39.6 Å². The number of rotatable bonds is 10. The molecule has 2 aromatic carbocycles. The van der Waals surface area contributed by atoms with Crippen molar-refractivity contribution >= 4 is 23.3 Å². The number of benzene rings is 2. The van der Waals surface area contributed by atoms with Gasteiger partial charge in [0.25, 0.3) is 0 Å². The van der Waals surface area contributed by atoms with Crippen molar-refractivity contribution in [3.63, 3.8) is 0 Å². The van der Waals surface area contributed by atoms with Gasteiger partial charge < -0.3 is 45.8 Å². The molecule has 1 fully saturated rings. The van der Waals surface area contributed by atoms with Gasteiger partial charge in [-0.25, -0.2) is 0 Å². The molecule has 6 unspecified atom stereocenters. The van der Waals surface area contributed by atoms with E-state index in [1.807, 2.05) is 19.1 Å². The number of phenols is 2. The number of ether oxygens (including phenoxy) is 2. The number of aliphatic hydroxyl groups is 3. The van der Waals surface area contributed by atoms with Gasteiger partial charge in [0.05, 0.1) is 29.4 Å². The van der Waals surface area contributed by atoms with Crippen LogP contribution in [0.1, 0.15) is 128 Å². The molecule has 6 rings (SSSR count). The molecule has 0 radical (unpaired) electrons. The molecular formula is C47H57NO12. The van der Waals surface area contributed by atoms with E-state index in [1.165, 1.54) is 29.7 Å². The highest BCUT2D eigenvalue weighted by Gasteiger charge is 2.50. The Hall–Kier alpha value is -5.02. The summed E-state index contributed by atoms with van der Waals surface area (Å²) < 4.78 is 12.3. The fourth-order valence-corrected chi connectivity index (χ4v) is 9.00. The van der Waals surface area contributed by atoms with E-state index in [0.29, 0.717) is 11.1 Å². The highest BCUT2D eigenvalue weighted by Crippen LogP contribution is 2.52. The minimum absolute atomic E-state index is 0. The zero-order chi connectivity index (χ0) is 43.1. The SMILES string of the molecule is CC1=C(/C=C/C(C)=C/C=C/C(C)=C\C(=O)NC2CC(OC3CC(O)(C(=O)CO)Cc4c(O)c5c(c(O)c43)C(=O)c3c(C)cccc3C5=O)OC(C)C2O)C(C)(C)CCC1.O. The lowest BCUT2D eigenvalue weighted by atomic mass is 9.71. The van der Waals surface area contributed by atoms with Crippen LogP contribution in [-0.4, -0.2) is 91.0 Å². The number of carbonyl (C=O) groups excluding carboxylic acids is 4. The summed E-state index contributed by atoms with van der Waals surface area (Å²) in [6, 6.07) is 3.78. The normalized spacial score (nSPS) is 26.7. The Kier molecular flexibility index (Phi) is 13.7. The lowest BCUT2D eigenvalue weighted by molar-refractivity contribution is -0.249. The molecule has 0 spiro atoms. The topological polar surface area (TPSA) is 231 Å². The highest BCUT2D eigenvalue weighted by atomic mass is 16.7. The number of ketones is 3. The molecule has 0 aromatic heterocycles. The second-order valence-corrected chi connectivity index (χ2v) is 17.1. The molecule has 1 saturated heterocycles. The number of hydrogen-bond donors (Lipinski definition) is 6. The largest absolute Gasteiger partial charge is 0.507 e. The van der Waals surface area contributed by atoms with Crippen molar-refractivity contribution in [2.75, 3.05) is 6.61 Å². The third-order valence-corrected chi connectivity index (χ3v) is 12.2. The fraction of sp³-hybridized carbons (Fsp3) is 0.447. The van der Waals surface area contributed by atoms with Crippen molar-refractivity contribution in [2.45, 2.75) is 123 Å². The van der Waals surface area contributed by atoms with E-state index in [2.05, 4.69) is 38.2 Å². The zero-order valence-corrected chi connectivity index (χ0v) is 35.2. The predicted molar refractivity (Wildman–Crippen MR) is 224 cm³/mol. The number of Topliss-reactive ketones (excluding diaryl/α,β-unsaturated/α-hetero) is 1. The van der Waals surface area contributed by atoms with Crippen LogP contribution in [0, 0.1) is 12.3 Å². The number of phenolic OH excluding ortho intramolecular Hbond substituents is 2. The first-order valence-corrected chi connectivity index (χ1v) is 20.1. The number of nitrogens with one attached hydrogen (secondary N) is 1. The molecule has 13 nitrogen and oxygen atoms in total. The number of hydrogen-bond acceptors (Lipinski definition) is 11. The number of aliphatic hydroxyl groups excluding tert-OH is 2. The molecule has 60 heavy (non-hydrogen) atoms. The number of aromatic hydroxyl groups is 2. The average molecular weight is 828 g/mol. The molecule has 1 amide bonds. The number of allylic oxidation sites excluding steroid dienone is 9. The summed E-state index contributed by atoms with van der Waals surface area (Å²) in [5.74, 6) is -4.26. The highest BCUT2D eigenvalue weighted by molar-refractivity contribution is 6.31. The lowest BCUT2D eigenvalue weighted by Crippen LogP contribution is -2.55. The van der Waals surface area contributed by atoms with Crippen LogP contribution in [0.4, 0.5) is 0 Å². The van der Waals surface area contributed by atoms with Gasteiger partial charge >= 0.3 is 0 Å². The van der Waals surface area contributed by atoms with Gasteiger partial charge in [0.15, 0.2) is 23.6 Å². The molecular weight excluding hydrogens is 771 g/mol. The molecule has 0 bridgehead atoms.